The predicted molar refractivity (Wildman–Crippen MR) is 60.9 cm³/mol. The SMILES string of the molecule is CNCC1(C)CCN(c2ncc(F)cn2)C1. The molecule has 1 aromatic rings. The van der Waals surface area contributed by atoms with Crippen LogP contribution in [0.2, 0.25) is 0 Å². The van der Waals surface area contributed by atoms with Gasteiger partial charge in [-0.15, -0.1) is 0 Å². The first-order chi connectivity index (χ1) is 7.63. The van der Waals surface area contributed by atoms with E-state index in [9.17, 15) is 4.39 Å². The second-order valence-corrected chi connectivity index (χ2v) is 4.71. The molecule has 0 spiro atoms. The monoisotopic (exact) mass is 224 g/mol. The number of halogens is 1. The van der Waals surface area contributed by atoms with E-state index in [2.05, 4.69) is 27.1 Å². The molecular weight excluding hydrogens is 207 g/mol. The molecule has 0 saturated carbocycles. The maximum Gasteiger partial charge on any atom is 0.225 e. The van der Waals surface area contributed by atoms with Crippen LogP contribution in [0.25, 0.3) is 0 Å². The molecular formula is C11H17FN4. The van der Waals surface area contributed by atoms with Gasteiger partial charge in [-0.3, -0.25) is 0 Å². The molecule has 2 rings (SSSR count). The summed E-state index contributed by atoms with van der Waals surface area (Å²) in [5.41, 5.74) is 0.256. The highest BCUT2D eigenvalue weighted by Crippen LogP contribution is 2.30. The minimum atomic E-state index is -0.388. The van der Waals surface area contributed by atoms with Crippen molar-refractivity contribution in [3.63, 3.8) is 0 Å². The van der Waals surface area contributed by atoms with Crippen LogP contribution in [0.5, 0.6) is 0 Å². The summed E-state index contributed by atoms with van der Waals surface area (Å²) < 4.78 is 12.7. The largest absolute Gasteiger partial charge is 0.340 e. The fourth-order valence-electron chi connectivity index (χ4n) is 2.23. The van der Waals surface area contributed by atoms with Crippen LogP contribution < -0.4 is 10.2 Å². The van der Waals surface area contributed by atoms with Crippen molar-refractivity contribution in [3.8, 4) is 0 Å². The van der Waals surface area contributed by atoms with E-state index in [1.54, 1.807) is 0 Å². The summed E-state index contributed by atoms with van der Waals surface area (Å²) in [5.74, 6) is 0.238. The van der Waals surface area contributed by atoms with Crippen LogP contribution in [0.1, 0.15) is 13.3 Å². The van der Waals surface area contributed by atoms with E-state index in [1.807, 2.05) is 7.05 Å². The quantitative estimate of drug-likeness (QED) is 0.833. The number of hydrogen-bond acceptors (Lipinski definition) is 4. The summed E-state index contributed by atoms with van der Waals surface area (Å²) >= 11 is 0. The number of nitrogens with one attached hydrogen (secondary N) is 1. The van der Waals surface area contributed by atoms with Crippen molar-refractivity contribution < 1.29 is 4.39 Å². The van der Waals surface area contributed by atoms with Crippen molar-refractivity contribution in [3.05, 3.63) is 18.2 Å². The minimum Gasteiger partial charge on any atom is -0.340 e. The van der Waals surface area contributed by atoms with Gasteiger partial charge in [0.15, 0.2) is 5.82 Å². The lowest BCUT2D eigenvalue weighted by atomic mass is 9.90. The van der Waals surface area contributed by atoms with Gasteiger partial charge in [-0.05, 0) is 18.9 Å². The molecule has 1 aromatic heterocycles. The van der Waals surface area contributed by atoms with Crippen LogP contribution in [0.15, 0.2) is 12.4 Å². The molecule has 0 aliphatic carbocycles. The summed E-state index contributed by atoms with van der Waals surface area (Å²) in [6.07, 6.45) is 3.54. The first kappa shape index (κ1) is 11.3. The molecule has 1 N–H and O–H groups in total. The smallest absolute Gasteiger partial charge is 0.225 e. The van der Waals surface area contributed by atoms with Crippen LogP contribution in [0, 0.1) is 11.2 Å². The fourth-order valence-corrected chi connectivity index (χ4v) is 2.23. The zero-order valence-corrected chi connectivity index (χ0v) is 9.70. The van der Waals surface area contributed by atoms with Gasteiger partial charge in [0.1, 0.15) is 0 Å². The average Bonchev–Trinajstić information content (AvgIpc) is 2.62. The second kappa shape index (κ2) is 4.33. The fraction of sp³-hybridized carbons (Fsp3) is 0.636. The second-order valence-electron chi connectivity index (χ2n) is 4.71. The molecule has 16 heavy (non-hydrogen) atoms. The molecule has 88 valence electrons. The Morgan fingerprint density at radius 1 is 1.50 bits per heavy atom. The number of hydrogen-bond donors (Lipinski definition) is 1. The molecule has 0 bridgehead atoms. The van der Waals surface area contributed by atoms with E-state index >= 15 is 0 Å². The molecule has 1 aliphatic rings. The van der Waals surface area contributed by atoms with E-state index in [0.29, 0.717) is 5.95 Å². The van der Waals surface area contributed by atoms with Crippen LogP contribution >= 0.6 is 0 Å². The van der Waals surface area contributed by atoms with Gasteiger partial charge in [0.05, 0.1) is 12.4 Å². The van der Waals surface area contributed by atoms with E-state index in [4.69, 9.17) is 0 Å². The molecule has 4 nitrogen and oxygen atoms in total. The normalized spacial score (nSPS) is 25.1. The number of aromatic nitrogens is 2. The van der Waals surface area contributed by atoms with Gasteiger partial charge >= 0.3 is 0 Å². The molecule has 1 unspecified atom stereocenters. The van der Waals surface area contributed by atoms with Crippen LogP contribution in [-0.4, -0.2) is 36.6 Å². The number of nitrogens with zero attached hydrogens (tertiary/aromatic N) is 3. The van der Waals surface area contributed by atoms with Gasteiger partial charge in [0.25, 0.3) is 0 Å². The van der Waals surface area contributed by atoms with E-state index in [0.717, 1.165) is 26.1 Å². The van der Waals surface area contributed by atoms with E-state index in [-0.39, 0.29) is 11.2 Å². The maximum atomic E-state index is 12.7. The third-order valence-corrected chi connectivity index (χ3v) is 3.05. The number of anilines is 1. The molecule has 1 aliphatic heterocycles. The molecule has 0 aromatic carbocycles. The molecule has 1 atom stereocenters. The molecule has 1 fully saturated rings. The van der Waals surface area contributed by atoms with Gasteiger partial charge in [-0.25, -0.2) is 14.4 Å². The Labute approximate surface area is 94.9 Å². The van der Waals surface area contributed by atoms with Crippen molar-refractivity contribution >= 4 is 5.95 Å². The topological polar surface area (TPSA) is 41.0 Å². The van der Waals surface area contributed by atoms with Gasteiger partial charge in [0, 0.05) is 19.6 Å². The first-order valence-corrected chi connectivity index (χ1v) is 5.50. The van der Waals surface area contributed by atoms with Gasteiger partial charge in [-0.1, -0.05) is 6.92 Å². The summed E-state index contributed by atoms with van der Waals surface area (Å²) in [5, 5.41) is 3.20. The third kappa shape index (κ3) is 2.29. The van der Waals surface area contributed by atoms with Crippen LogP contribution in [-0.2, 0) is 0 Å². The highest BCUT2D eigenvalue weighted by Gasteiger charge is 2.34. The highest BCUT2D eigenvalue weighted by atomic mass is 19.1. The Balaban J connectivity index is 2.06. The highest BCUT2D eigenvalue weighted by molar-refractivity contribution is 5.31. The summed E-state index contributed by atoms with van der Waals surface area (Å²) in [6.45, 7) is 5.07. The van der Waals surface area contributed by atoms with Crippen LogP contribution in [0.4, 0.5) is 10.3 Å². The molecule has 0 amide bonds. The van der Waals surface area contributed by atoms with Crippen molar-refractivity contribution in [1.29, 1.82) is 0 Å². The average molecular weight is 224 g/mol. The van der Waals surface area contributed by atoms with Crippen LogP contribution in [0.3, 0.4) is 0 Å². The zero-order chi connectivity index (χ0) is 11.6. The lowest BCUT2D eigenvalue weighted by Crippen LogP contribution is -2.33. The van der Waals surface area contributed by atoms with Crippen molar-refractivity contribution in [2.75, 3.05) is 31.6 Å². The Hall–Kier alpha value is -1.23. The Kier molecular flexibility index (Phi) is 3.05. The summed E-state index contributed by atoms with van der Waals surface area (Å²) in [6, 6.07) is 0. The van der Waals surface area contributed by atoms with Gasteiger partial charge in [0.2, 0.25) is 5.95 Å². The van der Waals surface area contributed by atoms with Crippen molar-refractivity contribution in [2.45, 2.75) is 13.3 Å². The number of rotatable bonds is 3. The summed E-state index contributed by atoms with van der Waals surface area (Å²) in [7, 11) is 1.96. The summed E-state index contributed by atoms with van der Waals surface area (Å²) in [4.78, 5) is 10.1. The van der Waals surface area contributed by atoms with E-state index in [1.165, 1.54) is 12.4 Å². The Bertz CT molecular complexity index is 354. The third-order valence-electron chi connectivity index (χ3n) is 3.05. The minimum absolute atomic E-state index is 0.256. The Morgan fingerprint density at radius 3 is 2.81 bits per heavy atom. The maximum absolute atomic E-state index is 12.7. The van der Waals surface area contributed by atoms with Gasteiger partial charge < -0.3 is 10.2 Å². The van der Waals surface area contributed by atoms with Gasteiger partial charge in [-0.2, -0.15) is 0 Å². The molecule has 5 heteroatoms. The lowest BCUT2D eigenvalue weighted by Gasteiger charge is -2.24. The zero-order valence-electron chi connectivity index (χ0n) is 9.70. The van der Waals surface area contributed by atoms with E-state index < -0.39 is 0 Å². The predicted octanol–water partition coefficient (Wildman–Crippen LogP) is 1.05. The molecule has 1 saturated heterocycles. The standard InChI is InChI=1S/C11H17FN4/c1-11(7-13-2)3-4-16(8-11)10-14-5-9(12)6-15-10/h5-6,13H,3-4,7-8H2,1-2H3. The van der Waals surface area contributed by atoms with Crippen molar-refractivity contribution in [1.82, 2.24) is 15.3 Å². The first-order valence-electron chi connectivity index (χ1n) is 5.50. The lowest BCUT2D eigenvalue weighted by molar-refractivity contribution is 0.355. The van der Waals surface area contributed by atoms with Crippen molar-refractivity contribution in [2.24, 2.45) is 5.41 Å². The molecule has 0 radical (unpaired) electrons. The Morgan fingerprint density at radius 2 is 2.19 bits per heavy atom. The molecule has 2 heterocycles.